The standard InChI is InChI=1S/C24H23N3O5S/c1-29-17-5-7-18(8-6-17)31-11-3-12-32-20-9-4-16(15-21(20)30-2)14-19-22(25)27-10-13-33-24(27)26-23(19)28/h4-10,13-15,25H,3,11-12H2,1-2H3/b19-14-,25-22?. The van der Waals surface area contributed by atoms with E-state index < -0.39 is 5.91 Å². The summed E-state index contributed by atoms with van der Waals surface area (Å²) in [6, 6.07) is 12.8. The molecule has 0 atom stereocenters. The van der Waals surface area contributed by atoms with Crippen LogP contribution in [0.4, 0.5) is 0 Å². The second-order valence-corrected chi connectivity index (χ2v) is 7.89. The summed E-state index contributed by atoms with van der Waals surface area (Å²) in [6.45, 7) is 0.960. The summed E-state index contributed by atoms with van der Waals surface area (Å²) in [5.41, 5.74) is 0.932. The van der Waals surface area contributed by atoms with E-state index in [1.54, 1.807) is 48.9 Å². The van der Waals surface area contributed by atoms with Crippen LogP contribution in [0.2, 0.25) is 0 Å². The summed E-state index contributed by atoms with van der Waals surface area (Å²) < 4.78 is 22.1. The van der Waals surface area contributed by atoms with Gasteiger partial charge in [-0.2, -0.15) is 4.99 Å². The lowest BCUT2D eigenvalue weighted by Crippen LogP contribution is -2.35. The van der Waals surface area contributed by atoms with Gasteiger partial charge in [-0.1, -0.05) is 17.8 Å². The lowest BCUT2D eigenvalue weighted by molar-refractivity contribution is -0.114. The van der Waals surface area contributed by atoms with Crippen molar-refractivity contribution in [3.05, 3.63) is 65.2 Å². The van der Waals surface area contributed by atoms with Crippen LogP contribution < -0.4 is 18.9 Å². The molecule has 170 valence electrons. The number of nitrogens with one attached hydrogen (secondary N) is 1. The Bertz CT molecular complexity index is 1140. The number of hydrogen-bond donors (Lipinski definition) is 1. The van der Waals surface area contributed by atoms with Crippen LogP contribution in [0.5, 0.6) is 23.0 Å². The third-order valence-electron chi connectivity index (χ3n) is 4.89. The quantitative estimate of drug-likeness (QED) is 0.435. The lowest BCUT2D eigenvalue weighted by Gasteiger charge is -2.22. The summed E-state index contributed by atoms with van der Waals surface area (Å²) in [7, 11) is 3.18. The number of fused-ring (bicyclic) bond motifs is 1. The molecule has 4 rings (SSSR count). The molecule has 1 N–H and O–H groups in total. The minimum atomic E-state index is -0.432. The highest BCUT2D eigenvalue weighted by Gasteiger charge is 2.31. The molecule has 2 aromatic carbocycles. The van der Waals surface area contributed by atoms with E-state index in [1.165, 1.54) is 11.8 Å². The first-order valence-corrected chi connectivity index (χ1v) is 11.1. The van der Waals surface area contributed by atoms with Gasteiger partial charge >= 0.3 is 0 Å². The van der Waals surface area contributed by atoms with Crippen molar-refractivity contribution in [2.24, 2.45) is 4.99 Å². The van der Waals surface area contributed by atoms with Crippen LogP contribution in [0.1, 0.15) is 12.0 Å². The molecule has 0 saturated carbocycles. The average molecular weight is 466 g/mol. The van der Waals surface area contributed by atoms with Gasteiger partial charge in [-0.3, -0.25) is 15.1 Å². The van der Waals surface area contributed by atoms with Crippen molar-refractivity contribution >= 4 is 34.7 Å². The Kier molecular flexibility index (Phi) is 6.99. The minimum absolute atomic E-state index is 0.0994. The van der Waals surface area contributed by atoms with E-state index in [1.807, 2.05) is 30.3 Å². The van der Waals surface area contributed by atoms with E-state index in [2.05, 4.69) is 4.99 Å². The molecule has 0 saturated heterocycles. The molecule has 33 heavy (non-hydrogen) atoms. The number of carbonyl (C=O) groups is 1. The van der Waals surface area contributed by atoms with Gasteiger partial charge in [0.1, 0.15) is 17.3 Å². The highest BCUT2D eigenvalue weighted by atomic mass is 32.2. The summed E-state index contributed by atoms with van der Waals surface area (Å²) in [5.74, 6) is 2.35. The Morgan fingerprint density at radius 1 is 1.00 bits per heavy atom. The van der Waals surface area contributed by atoms with Gasteiger partial charge in [0.25, 0.3) is 5.91 Å². The Morgan fingerprint density at radius 3 is 2.52 bits per heavy atom. The summed E-state index contributed by atoms with van der Waals surface area (Å²) in [4.78, 5) is 18.0. The molecule has 8 nitrogen and oxygen atoms in total. The maximum atomic E-state index is 12.4. The molecular weight excluding hydrogens is 442 g/mol. The molecule has 2 aromatic rings. The Balaban J connectivity index is 1.35. The number of aliphatic imine (C=N–C) groups is 1. The fourth-order valence-corrected chi connectivity index (χ4v) is 3.90. The van der Waals surface area contributed by atoms with Crippen LogP contribution >= 0.6 is 11.8 Å². The molecule has 2 aliphatic heterocycles. The van der Waals surface area contributed by atoms with Crippen molar-refractivity contribution in [1.82, 2.24) is 4.90 Å². The van der Waals surface area contributed by atoms with Crippen molar-refractivity contribution in [2.75, 3.05) is 27.4 Å². The predicted octanol–water partition coefficient (Wildman–Crippen LogP) is 4.33. The highest BCUT2D eigenvalue weighted by Crippen LogP contribution is 2.31. The minimum Gasteiger partial charge on any atom is -0.497 e. The molecule has 0 unspecified atom stereocenters. The molecule has 0 radical (unpaired) electrons. The van der Waals surface area contributed by atoms with Gasteiger partial charge in [-0.05, 0) is 53.4 Å². The predicted molar refractivity (Wildman–Crippen MR) is 128 cm³/mol. The zero-order valence-corrected chi connectivity index (χ0v) is 19.1. The summed E-state index contributed by atoms with van der Waals surface area (Å²) in [6.07, 6.45) is 4.05. The first-order valence-electron chi connectivity index (χ1n) is 10.2. The summed E-state index contributed by atoms with van der Waals surface area (Å²) in [5, 5.41) is 10.6. The van der Waals surface area contributed by atoms with Crippen molar-refractivity contribution in [3.63, 3.8) is 0 Å². The number of methoxy groups -OCH3 is 2. The van der Waals surface area contributed by atoms with Crippen LogP contribution in [0.25, 0.3) is 6.08 Å². The Labute approximate surface area is 196 Å². The molecule has 2 heterocycles. The number of nitrogens with zero attached hydrogens (tertiary/aromatic N) is 2. The monoisotopic (exact) mass is 465 g/mol. The van der Waals surface area contributed by atoms with Crippen LogP contribution in [-0.4, -0.2) is 49.2 Å². The van der Waals surface area contributed by atoms with Crippen LogP contribution in [0.3, 0.4) is 0 Å². The third kappa shape index (κ3) is 5.20. The molecule has 0 bridgehead atoms. The molecule has 2 aliphatic rings. The van der Waals surface area contributed by atoms with Gasteiger partial charge in [0, 0.05) is 12.6 Å². The van der Waals surface area contributed by atoms with E-state index in [0.29, 0.717) is 41.9 Å². The number of carbonyl (C=O) groups excluding carboxylic acids is 1. The van der Waals surface area contributed by atoms with Crippen molar-refractivity contribution in [3.8, 4) is 23.0 Å². The van der Waals surface area contributed by atoms with Gasteiger partial charge in [0.15, 0.2) is 16.7 Å². The lowest BCUT2D eigenvalue weighted by atomic mass is 10.1. The van der Waals surface area contributed by atoms with Gasteiger partial charge in [-0.25, -0.2) is 0 Å². The van der Waals surface area contributed by atoms with Gasteiger partial charge in [-0.15, -0.1) is 0 Å². The maximum absolute atomic E-state index is 12.4. The number of rotatable bonds is 9. The molecule has 0 spiro atoms. The normalized spacial score (nSPS) is 16.0. The van der Waals surface area contributed by atoms with E-state index in [4.69, 9.17) is 24.4 Å². The number of benzene rings is 2. The highest BCUT2D eigenvalue weighted by molar-refractivity contribution is 8.16. The topological polar surface area (TPSA) is 93.4 Å². The Hall–Kier alpha value is -3.72. The van der Waals surface area contributed by atoms with E-state index in [0.717, 1.165) is 11.5 Å². The fourth-order valence-electron chi connectivity index (χ4n) is 3.19. The van der Waals surface area contributed by atoms with Gasteiger partial charge in [0.2, 0.25) is 0 Å². The zero-order chi connectivity index (χ0) is 23.2. The smallest absolute Gasteiger partial charge is 0.283 e. The second kappa shape index (κ2) is 10.3. The molecule has 0 aromatic heterocycles. The molecular formula is C24H23N3O5S. The molecule has 9 heteroatoms. The second-order valence-electron chi connectivity index (χ2n) is 7.02. The molecule has 1 amide bonds. The number of thioether (sulfide) groups is 1. The number of amidine groups is 2. The maximum Gasteiger partial charge on any atom is 0.283 e. The fraction of sp³-hybridized carbons (Fsp3) is 0.208. The zero-order valence-electron chi connectivity index (χ0n) is 18.2. The van der Waals surface area contributed by atoms with E-state index in [9.17, 15) is 4.79 Å². The first kappa shape index (κ1) is 22.5. The first-order chi connectivity index (χ1) is 16.1. The van der Waals surface area contributed by atoms with Crippen molar-refractivity contribution in [2.45, 2.75) is 6.42 Å². The van der Waals surface area contributed by atoms with Crippen molar-refractivity contribution in [1.29, 1.82) is 5.41 Å². The average Bonchev–Trinajstić information content (AvgIpc) is 3.31. The van der Waals surface area contributed by atoms with Crippen LogP contribution in [0.15, 0.2) is 64.6 Å². The van der Waals surface area contributed by atoms with E-state index in [-0.39, 0.29) is 11.4 Å². The number of ether oxygens (including phenoxy) is 4. The Morgan fingerprint density at radius 2 is 1.76 bits per heavy atom. The summed E-state index contributed by atoms with van der Waals surface area (Å²) >= 11 is 1.32. The number of hydrogen-bond acceptors (Lipinski definition) is 7. The van der Waals surface area contributed by atoms with Crippen LogP contribution in [-0.2, 0) is 4.79 Å². The van der Waals surface area contributed by atoms with Gasteiger partial charge < -0.3 is 18.9 Å². The van der Waals surface area contributed by atoms with E-state index >= 15 is 0 Å². The number of amides is 1. The van der Waals surface area contributed by atoms with Crippen molar-refractivity contribution < 1.29 is 23.7 Å². The van der Waals surface area contributed by atoms with Gasteiger partial charge in [0.05, 0.1) is 33.0 Å². The largest absolute Gasteiger partial charge is 0.497 e. The molecule has 0 aliphatic carbocycles. The van der Waals surface area contributed by atoms with Crippen LogP contribution in [0, 0.1) is 5.41 Å². The molecule has 0 fully saturated rings. The third-order valence-corrected chi connectivity index (χ3v) is 5.64. The SMILES string of the molecule is COc1ccc(OCCCOc2ccc(/C=C3/C(=N)N4C=CSC4=NC3=O)cc2OC)cc1.